The van der Waals surface area contributed by atoms with E-state index in [0.29, 0.717) is 25.1 Å². The number of benzene rings is 2. The molecule has 0 amide bonds. The Morgan fingerprint density at radius 1 is 1.08 bits per heavy atom. The minimum atomic E-state index is -3.57. The summed E-state index contributed by atoms with van der Waals surface area (Å²) in [6.45, 7) is 6.22. The molecule has 0 unspecified atom stereocenters. The van der Waals surface area contributed by atoms with Gasteiger partial charge in [-0.05, 0) is 56.5 Å². The second-order valence-electron chi connectivity index (χ2n) is 6.38. The van der Waals surface area contributed by atoms with E-state index < -0.39 is 10.0 Å². The highest BCUT2D eigenvalue weighted by Gasteiger charge is 2.20. The van der Waals surface area contributed by atoms with E-state index in [9.17, 15) is 13.2 Å². The van der Waals surface area contributed by atoms with Crippen LogP contribution in [0, 0.1) is 13.8 Å². The molecular formula is C20H25NO4S. The Labute approximate surface area is 155 Å². The minimum Gasteiger partial charge on any atom is -0.493 e. The zero-order valence-electron chi connectivity index (χ0n) is 15.7. The molecule has 6 heteroatoms. The number of carbonyl (C=O) groups excluding carboxylic acids is 1. The molecule has 0 aliphatic heterocycles. The minimum absolute atomic E-state index is 0.0918. The van der Waals surface area contributed by atoms with Crippen LogP contribution in [-0.4, -0.2) is 38.7 Å². The van der Waals surface area contributed by atoms with Gasteiger partial charge in [0.15, 0.2) is 5.78 Å². The van der Waals surface area contributed by atoms with Crippen LogP contribution in [0.4, 0.5) is 0 Å². The Morgan fingerprint density at radius 3 is 2.35 bits per heavy atom. The van der Waals surface area contributed by atoms with Crippen LogP contribution in [-0.2, 0) is 10.0 Å². The highest BCUT2D eigenvalue weighted by Crippen LogP contribution is 2.20. The van der Waals surface area contributed by atoms with Crippen molar-refractivity contribution in [1.29, 1.82) is 0 Å². The average Bonchev–Trinajstić information content (AvgIpc) is 2.61. The van der Waals surface area contributed by atoms with Gasteiger partial charge in [-0.3, -0.25) is 4.79 Å². The highest BCUT2D eigenvalue weighted by molar-refractivity contribution is 7.89. The van der Waals surface area contributed by atoms with Gasteiger partial charge < -0.3 is 4.74 Å². The first kappa shape index (κ1) is 20.1. The van der Waals surface area contributed by atoms with Crippen molar-refractivity contribution in [3.63, 3.8) is 0 Å². The Kier molecular flexibility index (Phi) is 6.56. The van der Waals surface area contributed by atoms with E-state index in [1.165, 1.54) is 35.5 Å². The van der Waals surface area contributed by atoms with Gasteiger partial charge in [0.25, 0.3) is 0 Å². The van der Waals surface area contributed by atoms with Crippen molar-refractivity contribution in [1.82, 2.24) is 4.31 Å². The molecule has 0 N–H and O–H groups in total. The molecule has 2 aromatic rings. The van der Waals surface area contributed by atoms with Gasteiger partial charge in [-0.25, -0.2) is 12.7 Å². The fraction of sp³-hybridized carbons (Fsp3) is 0.350. The number of nitrogens with zero attached hydrogens (tertiary/aromatic N) is 1. The van der Waals surface area contributed by atoms with Gasteiger partial charge >= 0.3 is 0 Å². The molecule has 0 aromatic heterocycles. The maximum Gasteiger partial charge on any atom is 0.242 e. The predicted octanol–water partition coefficient (Wildman–Crippen LogP) is 3.60. The Bertz CT molecular complexity index is 873. The predicted molar refractivity (Wildman–Crippen MR) is 102 cm³/mol. The largest absolute Gasteiger partial charge is 0.493 e. The van der Waals surface area contributed by atoms with Gasteiger partial charge in [-0.1, -0.05) is 24.3 Å². The summed E-state index contributed by atoms with van der Waals surface area (Å²) in [5.74, 6) is 0.737. The maximum atomic E-state index is 12.6. The van der Waals surface area contributed by atoms with Crippen LogP contribution >= 0.6 is 0 Å². The lowest BCUT2D eigenvalue weighted by atomic mass is 10.1. The second-order valence-corrected chi connectivity index (χ2v) is 8.42. The monoisotopic (exact) mass is 375 g/mol. The van der Waals surface area contributed by atoms with E-state index in [0.717, 1.165) is 16.9 Å². The second kappa shape index (κ2) is 8.47. The number of rotatable bonds is 8. The fourth-order valence-electron chi connectivity index (χ4n) is 2.49. The molecular weight excluding hydrogens is 350 g/mol. The molecule has 0 radical (unpaired) electrons. The number of ether oxygens (including phenoxy) is 1. The molecule has 2 aromatic carbocycles. The van der Waals surface area contributed by atoms with Gasteiger partial charge in [-0.2, -0.15) is 0 Å². The Hall–Kier alpha value is -2.18. The van der Waals surface area contributed by atoms with E-state index in [-0.39, 0.29) is 10.7 Å². The van der Waals surface area contributed by atoms with Gasteiger partial charge in [0.05, 0.1) is 11.5 Å². The molecule has 0 saturated carbocycles. The lowest BCUT2D eigenvalue weighted by Gasteiger charge is -2.18. The molecule has 140 valence electrons. The molecule has 0 saturated heterocycles. The lowest BCUT2D eigenvalue weighted by molar-refractivity contribution is 0.101. The van der Waals surface area contributed by atoms with E-state index in [2.05, 4.69) is 0 Å². The molecule has 0 aliphatic rings. The van der Waals surface area contributed by atoms with Crippen molar-refractivity contribution in [2.24, 2.45) is 0 Å². The summed E-state index contributed by atoms with van der Waals surface area (Å²) in [5, 5.41) is 0. The summed E-state index contributed by atoms with van der Waals surface area (Å²) in [4.78, 5) is 11.5. The number of hydrogen-bond donors (Lipinski definition) is 0. The summed E-state index contributed by atoms with van der Waals surface area (Å²) in [6.07, 6.45) is 0.578. The maximum absolute atomic E-state index is 12.6. The van der Waals surface area contributed by atoms with E-state index >= 15 is 0 Å². The van der Waals surface area contributed by atoms with Gasteiger partial charge in [0.1, 0.15) is 5.75 Å². The van der Waals surface area contributed by atoms with Crippen molar-refractivity contribution in [2.45, 2.75) is 32.1 Å². The first-order valence-electron chi connectivity index (χ1n) is 8.49. The summed E-state index contributed by atoms with van der Waals surface area (Å²) >= 11 is 0. The summed E-state index contributed by atoms with van der Waals surface area (Å²) in [7, 11) is -2.03. The van der Waals surface area contributed by atoms with Crippen LogP contribution in [0.5, 0.6) is 5.75 Å². The molecule has 0 heterocycles. The number of Topliss-reactive ketones (excluding diaryl/α,β-unsaturated/α-hetero) is 1. The normalized spacial score (nSPS) is 11.6. The zero-order chi connectivity index (χ0) is 19.3. The van der Waals surface area contributed by atoms with Crippen molar-refractivity contribution < 1.29 is 17.9 Å². The van der Waals surface area contributed by atoms with Crippen molar-refractivity contribution >= 4 is 15.8 Å². The number of sulfonamides is 1. The summed E-state index contributed by atoms with van der Waals surface area (Å²) in [6, 6.07) is 12.0. The summed E-state index contributed by atoms with van der Waals surface area (Å²) in [5.41, 5.74) is 2.68. The SMILES string of the molecule is CC(=O)c1ccc(S(=O)(=O)N(C)CCCOc2cc(C)ccc2C)cc1. The molecule has 0 bridgehead atoms. The topological polar surface area (TPSA) is 63.7 Å². The van der Waals surface area contributed by atoms with E-state index in [1.54, 1.807) is 7.05 Å². The van der Waals surface area contributed by atoms with Gasteiger partial charge in [0.2, 0.25) is 10.0 Å². The quantitative estimate of drug-likeness (QED) is 0.522. The molecule has 2 rings (SSSR count). The number of aryl methyl sites for hydroxylation is 2. The van der Waals surface area contributed by atoms with Crippen molar-refractivity contribution in [2.75, 3.05) is 20.2 Å². The zero-order valence-corrected chi connectivity index (χ0v) is 16.5. The number of ketones is 1. The smallest absolute Gasteiger partial charge is 0.242 e. The fourth-order valence-corrected chi connectivity index (χ4v) is 3.70. The van der Waals surface area contributed by atoms with Gasteiger partial charge in [0, 0.05) is 19.2 Å². The van der Waals surface area contributed by atoms with E-state index in [1.807, 2.05) is 32.0 Å². The lowest BCUT2D eigenvalue weighted by Crippen LogP contribution is -2.28. The summed E-state index contributed by atoms with van der Waals surface area (Å²) < 4.78 is 32.2. The number of hydrogen-bond acceptors (Lipinski definition) is 4. The Balaban J connectivity index is 1.92. The molecule has 5 nitrogen and oxygen atoms in total. The average molecular weight is 375 g/mol. The standard InChI is InChI=1S/C20H25NO4S/c1-15-6-7-16(2)20(14-15)25-13-5-12-21(4)26(23,24)19-10-8-18(9-11-19)17(3)22/h6-11,14H,5,12-13H2,1-4H3. The van der Waals surface area contributed by atoms with Crippen LogP contribution in [0.15, 0.2) is 47.4 Å². The van der Waals surface area contributed by atoms with Gasteiger partial charge in [-0.15, -0.1) is 0 Å². The molecule has 0 spiro atoms. The third-order valence-electron chi connectivity index (χ3n) is 4.19. The van der Waals surface area contributed by atoms with E-state index in [4.69, 9.17) is 4.74 Å². The third-order valence-corrected chi connectivity index (χ3v) is 6.06. The third kappa shape index (κ3) is 4.93. The molecule has 0 aliphatic carbocycles. The molecule has 0 atom stereocenters. The molecule has 26 heavy (non-hydrogen) atoms. The van der Waals surface area contributed by atoms with Crippen LogP contribution in [0.1, 0.15) is 34.8 Å². The van der Waals surface area contributed by atoms with Crippen molar-refractivity contribution in [3.8, 4) is 5.75 Å². The van der Waals surface area contributed by atoms with Crippen LogP contribution in [0.25, 0.3) is 0 Å². The first-order chi connectivity index (χ1) is 12.2. The first-order valence-corrected chi connectivity index (χ1v) is 9.93. The molecule has 0 fully saturated rings. The highest BCUT2D eigenvalue weighted by atomic mass is 32.2. The van der Waals surface area contributed by atoms with Crippen LogP contribution < -0.4 is 4.74 Å². The van der Waals surface area contributed by atoms with Crippen molar-refractivity contribution in [3.05, 3.63) is 59.2 Å². The van der Waals surface area contributed by atoms with Crippen LogP contribution in [0.2, 0.25) is 0 Å². The number of carbonyl (C=O) groups is 1. The Morgan fingerprint density at radius 2 is 1.73 bits per heavy atom. The van der Waals surface area contributed by atoms with Crippen LogP contribution in [0.3, 0.4) is 0 Å².